The summed E-state index contributed by atoms with van der Waals surface area (Å²) in [6.07, 6.45) is 3.25. The lowest BCUT2D eigenvalue weighted by molar-refractivity contribution is 0.192. The molecule has 0 fully saturated rings. The van der Waals surface area contributed by atoms with Crippen LogP contribution in [0.5, 0.6) is 11.5 Å². The zero-order valence-electron chi connectivity index (χ0n) is 11.3. The lowest BCUT2D eigenvalue weighted by Crippen LogP contribution is -2.27. The van der Waals surface area contributed by atoms with Crippen molar-refractivity contribution in [2.45, 2.75) is 13.2 Å². The minimum absolute atomic E-state index is 0.0775. The molecule has 1 aromatic carbocycles. The molecule has 0 aliphatic rings. The first-order valence-corrected chi connectivity index (χ1v) is 6.03. The summed E-state index contributed by atoms with van der Waals surface area (Å²) < 4.78 is 10.7. The van der Waals surface area contributed by atoms with E-state index in [2.05, 4.69) is 15.3 Å². The molecule has 1 heterocycles. The van der Waals surface area contributed by atoms with Gasteiger partial charge >= 0.3 is 0 Å². The van der Waals surface area contributed by atoms with E-state index in [-0.39, 0.29) is 6.23 Å². The Hall–Kier alpha value is -2.14. The fourth-order valence-electron chi connectivity index (χ4n) is 1.55. The Morgan fingerprint density at radius 2 is 1.89 bits per heavy atom. The van der Waals surface area contributed by atoms with E-state index in [0.29, 0.717) is 11.6 Å². The van der Waals surface area contributed by atoms with Crippen LogP contribution in [0.1, 0.15) is 6.92 Å². The van der Waals surface area contributed by atoms with Crippen LogP contribution in [0.3, 0.4) is 0 Å². The molecule has 19 heavy (non-hydrogen) atoms. The molecular weight excluding hydrogens is 242 g/mol. The highest BCUT2D eigenvalue weighted by atomic mass is 16.5. The van der Waals surface area contributed by atoms with Gasteiger partial charge in [0, 0.05) is 5.56 Å². The van der Waals surface area contributed by atoms with E-state index in [1.54, 1.807) is 19.5 Å². The van der Waals surface area contributed by atoms with Gasteiger partial charge in [0.25, 0.3) is 0 Å². The number of aromatic nitrogens is 2. The number of benzene rings is 1. The molecule has 1 unspecified atom stereocenters. The summed E-state index contributed by atoms with van der Waals surface area (Å²) in [5, 5.41) is 2.98. The van der Waals surface area contributed by atoms with Gasteiger partial charge in [-0.05, 0) is 26.1 Å². The van der Waals surface area contributed by atoms with E-state index in [1.165, 1.54) is 0 Å². The van der Waals surface area contributed by atoms with Crippen molar-refractivity contribution in [3.8, 4) is 22.9 Å². The molecule has 0 radical (unpaired) electrons. The van der Waals surface area contributed by atoms with E-state index in [4.69, 9.17) is 9.47 Å². The molecule has 0 saturated carbocycles. The summed E-state index contributed by atoms with van der Waals surface area (Å²) in [6.45, 7) is 1.91. The molecule has 5 nitrogen and oxygen atoms in total. The van der Waals surface area contributed by atoms with Crippen LogP contribution in [-0.4, -0.2) is 30.4 Å². The molecule has 1 N–H and O–H groups in total. The van der Waals surface area contributed by atoms with Crippen molar-refractivity contribution < 1.29 is 9.47 Å². The lowest BCUT2D eigenvalue weighted by Gasteiger charge is -2.12. The van der Waals surface area contributed by atoms with Crippen LogP contribution in [0.2, 0.25) is 0 Å². The van der Waals surface area contributed by atoms with E-state index >= 15 is 0 Å². The fourth-order valence-corrected chi connectivity index (χ4v) is 1.55. The monoisotopic (exact) mass is 259 g/mol. The molecule has 0 aliphatic carbocycles. The van der Waals surface area contributed by atoms with Crippen molar-refractivity contribution in [3.05, 3.63) is 36.7 Å². The van der Waals surface area contributed by atoms with Gasteiger partial charge in [-0.15, -0.1) is 0 Å². The van der Waals surface area contributed by atoms with Gasteiger partial charge in [0.05, 0.1) is 19.5 Å². The van der Waals surface area contributed by atoms with Gasteiger partial charge in [-0.25, -0.2) is 9.97 Å². The third-order valence-electron chi connectivity index (χ3n) is 2.68. The van der Waals surface area contributed by atoms with E-state index in [0.717, 1.165) is 11.3 Å². The molecule has 2 rings (SSSR count). The zero-order valence-corrected chi connectivity index (χ0v) is 11.3. The first-order valence-electron chi connectivity index (χ1n) is 6.03. The van der Waals surface area contributed by atoms with Gasteiger partial charge in [-0.1, -0.05) is 12.1 Å². The summed E-state index contributed by atoms with van der Waals surface area (Å²) in [5.74, 6) is 2.06. The van der Waals surface area contributed by atoms with Crippen LogP contribution >= 0.6 is 0 Å². The van der Waals surface area contributed by atoms with Crippen molar-refractivity contribution in [1.82, 2.24) is 15.3 Å². The van der Waals surface area contributed by atoms with Crippen LogP contribution in [0.15, 0.2) is 36.7 Å². The van der Waals surface area contributed by atoms with Gasteiger partial charge in [-0.3, -0.25) is 5.32 Å². The van der Waals surface area contributed by atoms with Crippen molar-refractivity contribution >= 4 is 0 Å². The summed E-state index contributed by atoms with van der Waals surface area (Å²) in [7, 11) is 3.46. The predicted octanol–water partition coefficient (Wildman–Crippen LogP) is 2.10. The Labute approximate surface area is 112 Å². The van der Waals surface area contributed by atoms with Crippen LogP contribution in [0.4, 0.5) is 0 Å². The second kappa shape index (κ2) is 6.15. The Morgan fingerprint density at radius 1 is 1.16 bits per heavy atom. The quantitative estimate of drug-likeness (QED) is 0.833. The standard InChI is InChI=1S/C14H17N3O2/c1-10(15-2)19-13-8-16-14(17-9-13)11-5-4-6-12(7-11)18-3/h4-10,15H,1-3H3. The maximum atomic E-state index is 5.54. The Kier molecular flexibility index (Phi) is 4.30. The van der Waals surface area contributed by atoms with Gasteiger partial charge in [0.2, 0.25) is 0 Å². The third-order valence-corrected chi connectivity index (χ3v) is 2.68. The highest BCUT2D eigenvalue weighted by molar-refractivity contribution is 5.57. The number of hydrogen-bond acceptors (Lipinski definition) is 5. The summed E-state index contributed by atoms with van der Waals surface area (Å²) in [4.78, 5) is 8.58. The van der Waals surface area contributed by atoms with Crippen LogP contribution in [0, 0.1) is 0 Å². The minimum atomic E-state index is -0.0775. The highest BCUT2D eigenvalue weighted by Gasteiger charge is 2.05. The number of ether oxygens (including phenoxy) is 2. The molecule has 1 aromatic heterocycles. The molecule has 0 aliphatic heterocycles. The number of rotatable bonds is 5. The SMILES string of the molecule is CNC(C)Oc1cnc(-c2cccc(OC)c2)nc1. The summed E-state index contributed by atoms with van der Waals surface area (Å²) in [6, 6.07) is 7.63. The van der Waals surface area contributed by atoms with Gasteiger partial charge in [-0.2, -0.15) is 0 Å². The van der Waals surface area contributed by atoms with Crippen molar-refractivity contribution in [3.63, 3.8) is 0 Å². The molecule has 0 amide bonds. The molecule has 100 valence electrons. The topological polar surface area (TPSA) is 56.3 Å². The minimum Gasteiger partial charge on any atom is -0.497 e. The average molecular weight is 259 g/mol. The van der Waals surface area contributed by atoms with Crippen LogP contribution < -0.4 is 14.8 Å². The molecule has 0 spiro atoms. The molecule has 5 heteroatoms. The van der Waals surface area contributed by atoms with Gasteiger partial charge in [0.1, 0.15) is 12.0 Å². The number of methoxy groups -OCH3 is 1. The maximum absolute atomic E-state index is 5.54. The first-order chi connectivity index (χ1) is 9.22. The number of nitrogens with zero attached hydrogens (tertiary/aromatic N) is 2. The first kappa shape index (κ1) is 13.3. The second-order valence-corrected chi connectivity index (χ2v) is 4.02. The third kappa shape index (κ3) is 3.42. The number of nitrogens with one attached hydrogen (secondary N) is 1. The normalized spacial score (nSPS) is 11.9. The van der Waals surface area contributed by atoms with Gasteiger partial charge in [0.15, 0.2) is 11.6 Å². The molecule has 0 saturated heterocycles. The fraction of sp³-hybridized carbons (Fsp3) is 0.286. The molecule has 1 atom stereocenters. The van der Waals surface area contributed by atoms with Crippen LogP contribution in [-0.2, 0) is 0 Å². The molecule has 0 bridgehead atoms. The molecular formula is C14H17N3O2. The zero-order chi connectivity index (χ0) is 13.7. The largest absolute Gasteiger partial charge is 0.497 e. The predicted molar refractivity (Wildman–Crippen MR) is 73.2 cm³/mol. The van der Waals surface area contributed by atoms with E-state index < -0.39 is 0 Å². The maximum Gasteiger partial charge on any atom is 0.159 e. The summed E-state index contributed by atoms with van der Waals surface area (Å²) in [5.41, 5.74) is 0.910. The van der Waals surface area contributed by atoms with Crippen molar-refractivity contribution in [2.75, 3.05) is 14.2 Å². The summed E-state index contributed by atoms with van der Waals surface area (Å²) >= 11 is 0. The van der Waals surface area contributed by atoms with Crippen LogP contribution in [0.25, 0.3) is 11.4 Å². The smallest absolute Gasteiger partial charge is 0.159 e. The Morgan fingerprint density at radius 3 is 2.53 bits per heavy atom. The average Bonchev–Trinajstić information content (AvgIpc) is 2.48. The van der Waals surface area contributed by atoms with E-state index in [1.807, 2.05) is 38.2 Å². The lowest BCUT2D eigenvalue weighted by atomic mass is 10.2. The molecule has 2 aromatic rings. The van der Waals surface area contributed by atoms with E-state index in [9.17, 15) is 0 Å². The second-order valence-electron chi connectivity index (χ2n) is 4.02. The highest BCUT2D eigenvalue weighted by Crippen LogP contribution is 2.21. The van der Waals surface area contributed by atoms with Crippen molar-refractivity contribution in [1.29, 1.82) is 0 Å². The number of hydrogen-bond donors (Lipinski definition) is 1. The van der Waals surface area contributed by atoms with Gasteiger partial charge < -0.3 is 9.47 Å². The Bertz CT molecular complexity index is 528. The Balaban J connectivity index is 2.17. The van der Waals surface area contributed by atoms with Crippen molar-refractivity contribution in [2.24, 2.45) is 0 Å².